The van der Waals surface area contributed by atoms with E-state index in [2.05, 4.69) is 79.7 Å². The molecule has 0 aliphatic rings. The monoisotopic (exact) mass is 346 g/mol. The minimum absolute atomic E-state index is 0.290. The average Bonchev–Trinajstić information content (AvgIpc) is 3.01. The molecule has 2 nitrogen and oxygen atoms in total. The third kappa shape index (κ3) is 5.33. The van der Waals surface area contributed by atoms with E-state index in [0.717, 1.165) is 23.8 Å². The molecule has 0 aliphatic heterocycles. The predicted octanol–water partition coefficient (Wildman–Crippen LogP) is 5.86. The van der Waals surface area contributed by atoms with Crippen LogP contribution in [0.4, 0.5) is 5.69 Å². The van der Waals surface area contributed by atoms with E-state index in [1.165, 1.54) is 10.4 Å². The summed E-state index contributed by atoms with van der Waals surface area (Å²) in [6.45, 7) is 9.81. The highest BCUT2D eigenvalue weighted by molar-refractivity contribution is 7.80. The maximum Gasteiger partial charge on any atom is 0.173 e. The molecule has 1 N–H and O–H groups in total. The second-order valence-electron chi connectivity index (χ2n) is 6.37. The molecule has 0 bridgehead atoms. The summed E-state index contributed by atoms with van der Waals surface area (Å²) in [7, 11) is 0. The van der Waals surface area contributed by atoms with Crippen molar-refractivity contribution in [1.82, 2.24) is 4.90 Å². The van der Waals surface area contributed by atoms with Crippen molar-refractivity contribution in [2.75, 3.05) is 11.9 Å². The van der Waals surface area contributed by atoms with E-state index in [1.54, 1.807) is 11.3 Å². The highest BCUT2D eigenvalue weighted by Gasteiger charge is 2.20. The van der Waals surface area contributed by atoms with Crippen LogP contribution in [0, 0.1) is 12.8 Å². The molecule has 2 aromatic rings. The van der Waals surface area contributed by atoms with Crippen molar-refractivity contribution < 1.29 is 0 Å². The number of rotatable bonds is 6. The molecule has 1 aromatic heterocycles. The number of hydrogen-bond acceptors (Lipinski definition) is 2. The fourth-order valence-corrected chi connectivity index (χ4v) is 3.63. The highest BCUT2D eigenvalue weighted by Crippen LogP contribution is 2.26. The van der Waals surface area contributed by atoms with Gasteiger partial charge in [0.1, 0.15) is 0 Å². The van der Waals surface area contributed by atoms with Gasteiger partial charge < -0.3 is 10.2 Å². The lowest BCUT2D eigenvalue weighted by atomic mass is 10.1. The zero-order chi connectivity index (χ0) is 16.8. The van der Waals surface area contributed by atoms with Crippen molar-refractivity contribution in [2.45, 2.75) is 40.2 Å². The Labute approximate surface area is 149 Å². The summed E-state index contributed by atoms with van der Waals surface area (Å²) < 4.78 is 0. The van der Waals surface area contributed by atoms with Crippen LogP contribution in [0.3, 0.4) is 0 Å². The van der Waals surface area contributed by atoms with Crippen LogP contribution >= 0.6 is 23.6 Å². The van der Waals surface area contributed by atoms with E-state index in [-0.39, 0.29) is 0 Å². The van der Waals surface area contributed by atoms with Gasteiger partial charge in [0, 0.05) is 17.1 Å². The van der Waals surface area contributed by atoms with Crippen LogP contribution < -0.4 is 5.32 Å². The molecule has 1 aromatic carbocycles. The maximum atomic E-state index is 5.72. The number of nitrogens with zero attached hydrogens (tertiary/aromatic N) is 1. The summed E-state index contributed by atoms with van der Waals surface area (Å²) in [5.41, 5.74) is 2.29. The van der Waals surface area contributed by atoms with Gasteiger partial charge in [0.2, 0.25) is 0 Å². The van der Waals surface area contributed by atoms with Crippen LogP contribution in [0.2, 0.25) is 0 Å². The van der Waals surface area contributed by atoms with E-state index < -0.39 is 0 Å². The molecule has 1 atom stereocenters. The smallest absolute Gasteiger partial charge is 0.173 e. The normalized spacial score (nSPS) is 12.2. The Morgan fingerprint density at radius 1 is 1.22 bits per heavy atom. The summed E-state index contributed by atoms with van der Waals surface area (Å²) in [4.78, 5) is 3.66. The second kappa shape index (κ2) is 8.46. The number of thiophene rings is 1. The average molecular weight is 347 g/mol. The molecule has 1 heterocycles. The molecule has 23 heavy (non-hydrogen) atoms. The first-order valence-electron chi connectivity index (χ1n) is 8.15. The van der Waals surface area contributed by atoms with E-state index >= 15 is 0 Å². The number of aryl methyl sites for hydroxylation is 1. The third-order valence-electron chi connectivity index (χ3n) is 3.90. The Bertz CT molecular complexity index is 620. The molecular weight excluding hydrogens is 320 g/mol. The van der Waals surface area contributed by atoms with Gasteiger partial charge in [-0.3, -0.25) is 0 Å². The van der Waals surface area contributed by atoms with Gasteiger partial charge in [-0.05, 0) is 67.5 Å². The molecule has 1 unspecified atom stereocenters. The first kappa shape index (κ1) is 18.0. The molecule has 0 amide bonds. The fraction of sp³-hybridized carbons (Fsp3) is 0.421. The Balaban J connectivity index is 2.13. The van der Waals surface area contributed by atoms with Crippen molar-refractivity contribution in [3.05, 3.63) is 52.2 Å². The molecule has 124 valence electrons. The summed E-state index contributed by atoms with van der Waals surface area (Å²) in [5.74, 6) is 0.662. The van der Waals surface area contributed by atoms with Gasteiger partial charge in [-0.25, -0.2) is 0 Å². The van der Waals surface area contributed by atoms with Crippen LogP contribution in [-0.2, 0) is 0 Å². The third-order valence-corrected chi connectivity index (χ3v) is 5.28. The molecule has 0 spiro atoms. The van der Waals surface area contributed by atoms with E-state index in [0.29, 0.717) is 12.0 Å². The summed E-state index contributed by atoms with van der Waals surface area (Å²) in [6, 6.07) is 12.9. The lowest BCUT2D eigenvalue weighted by Crippen LogP contribution is -2.37. The summed E-state index contributed by atoms with van der Waals surface area (Å²) >= 11 is 7.51. The summed E-state index contributed by atoms with van der Waals surface area (Å²) in [5, 5.41) is 6.34. The minimum atomic E-state index is 0.290. The topological polar surface area (TPSA) is 15.3 Å². The predicted molar refractivity (Wildman–Crippen MR) is 106 cm³/mol. The van der Waals surface area contributed by atoms with Crippen LogP contribution in [0.15, 0.2) is 41.8 Å². The van der Waals surface area contributed by atoms with Crippen LogP contribution in [-0.4, -0.2) is 16.6 Å². The Morgan fingerprint density at radius 3 is 2.61 bits per heavy atom. The SMILES string of the molecule is Cc1cccc(NC(=S)N(CCC(C)C)C(C)c2cccs2)c1. The number of anilines is 1. The zero-order valence-corrected chi connectivity index (χ0v) is 16.0. The Kier molecular flexibility index (Phi) is 6.60. The molecule has 0 fully saturated rings. The van der Waals surface area contributed by atoms with Gasteiger partial charge in [0.15, 0.2) is 5.11 Å². The number of nitrogens with one attached hydrogen (secondary N) is 1. The van der Waals surface area contributed by atoms with E-state index in [9.17, 15) is 0 Å². The van der Waals surface area contributed by atoms with Gasteiger partial charge in [0.25, 0.3) is 0 Å². The number of benzene rings is 1. The summed E-state index contributed by atoms with van der Waals surface area (Å²) in [6.07, 6.45) is 1.13. The largest absolute Gasteiger partial charge is 0.341 e. The molecule has 0 saturated heterocycles. The van der Waals surface area contributed by atoms with Crippen molar-refractivity contribution in [3.63, 3.8) is 0 Å². The van der Waals surface area contributed by atoms with Gasteiger partial charge in [-0.2, -0.15) is 0 Å². The lowest BCUT2D eigenvalue weighted by molar-refractivity contribution is 0.322. The van der Waals surface area contributed by atoms with Crippen LogP contribution in [0.1, 0.15) is 43.7 Å². The molecule has 0 radical (unpaired) electrons. The quantitative estimate of drug-likeness (QED) is 0.659. The van der Waals surface area contributed by atoms with Gasteiger partial charge >= 0.3 is 0 Å². The van der Waals surface area contributed by atoms with Crippen LogP contribution in [0.5, 0.6) is 0 Å². The van der Waals surface area contributed by atoms with Gasteiger partial charge in [0.05, 0.1) is 6.04 Å². The van der Waals surface area contributed by atoms with Crippen molar-refractivity contribution in [1.29, 1.82) is 0 Å². The second-order valence-corrected chi connectivity index (χ2v) is 7.73. The van der Waals surface area contributed by atoms with E-state index in [4.69, 9.17) is 12.2 Å². The minimum Gasteiger partial charge on any atom is -0.341 e. The first-order chi connectivity index (χ1) is 11.0. The molecule has 2 rings (SSSR count). The van der Waals surface area contributed by atoms with Crippen molar-refractivity contribution >= 4 is 34.4 Å². The first-order valence-corrected chi connectivity index (χ1v) is 9.44. The molecular formula is C19H26N2S2. The highest BCUT2D eigenvalue weighted by atomic mass is 32.1. The Morgan fingerprint density at radius 2 is 2.00 bits per heavy atom. The van der Waals surface area contributed by atoms with E-state index in [1.807, 2.05) is 0 Å². The molecule has 4 heteroatoms. The van der Waals surface area contributed by atoms with Crippen molar-refractivity contribution in [2.24, 2.45) is 5.92 Å². The standard InChI is InChI=1S/C19H26N2S2/c1-14(2)10-11-21(16(4)18-9-6-12-23-18)19(22)20-17-8-5-7-15(3)13-17/h5-9,12-14,16H,10-11H2,1-4H3,(H,20,22). The van der Waals surface area contributed by atoms with Gasteiger partial charge in [-0.15, -0.1) is 11.3 Å². The number of hydrogen-bond donors (Lipinski definition) is 1. The fourth-order valence-electron chi connectivity index (χ4n) is 2.47. The van der Waals surface area contributed by atoms with Crippen molar-refractivity contribution in [3.8, 4) is 0 Å². The van der Waals surface area contributed by atoms with Crippen LogP contribution in [0.25, 0.3) is 0 Å². The maximum absolute atomic E-state index is 5.72. The molecule has 0 aliphatic carbocycles. The Hall–Kier alpha value is -1.39. The molecule has 0 saturated carbocycles. The zero-order valence-electron chi connectivity index (χ0n) is 14.4. The van der Waals surface area contributed by atoms with Gasteiger partial charge in [-0.1, -0.05) is 32.0 Å². The lowest BCUT2D eigenvalue weighted by Gasteiger charge is -2.32. The number of thiocarbonyl (C=S) groups is 1.